The van der Waals surface area contributed by atoms with Gasteiger partial charge in [-0.25, -0.2) is 4.79 Å². The molecule has 0 aliphatic carbocycles. The predicted octanol–water partition coefficient (Wildman–Crippen LogP) is 2.33. The van der Waals surface area contributed by atoms with E-state index in [1.807, 2.05) is 36.4 Å². The van der Waals surface area contributed by atoms with E-state index in [4.69, 9.17) is 4.74 Å². The Bertz CT molecular complexity index is 442. The minimum atomic E-state index is -0.306. The normalized spacial score (nSPS) is 19.2. The number of hydrogen-bond acceptors (Lipinski definition) is 3. The predicted molar refractivity (Wildman–Crippen MR) is 67.1 cm³/mol. The Morgan fingerprint density at radius 1 is 1.28 bits per heavy atom. The summed E-state index contributed by atoms with van der Waals surface area (Å²) >= 11 is 0. The molecule has 0 bridgehead atoms. The molecule has 1 atom stereocenters. The van der Waals surface area contributed by atoms with Crippen molar-refractivity contribution < 1.29 is 14.3 Å². The standard InChI is InChI=1S/C14H15NO3/c16-10-6-2-5-9-15-13(11-18-14(15)17)12-7-3-1-4-8-12/h1-5,7-8,10,13H,6,9,11H2/t13-/m0/s1. The zero-order chi connectivity index (χ0) is 12.8. The van der Waals surface area contributed by atoms with Crippen molar-refractivity contribution in [3.8, 4) is 0 Å². The first-order valence-corrected chi connectivity index (χ1v) is 5.90. The number of cyclic esters (lactones) is 1. The number of rotatable bonds is 5. The van der Waals surface area contributed by atoms with Crippen LogP contribution in [0.1, 0.15) is 18.0 Å². The zero-order valence-electron chi connectivity index (χ0n) is 9.99. The first-order valence-electron chi connectivity index (χ1n) is 5.90. The van der Waals surface area contributed by atoms with E-state index in [2.05, 4.69) is 0 Å². The highest BCUT2D eigenvalue weighted by Crippen LogP contribution is 2.27. The molecular weight excluding hydrogens is 230 g/mol. The van der Waals surface area contributed by atoms with E-state index in [0.29, 0.717) is 19.6 Å². The summed E-state index contributed by atoms with van der Waals surface area (Å²) in [7, 11) is 0. The number of carbonyl (C=O) groups is 2. The summed E-state index contributed by atoms with van der Waals surface area (Å²) in [5, 5.41) is 0. The SMILES string of the molecule is O=CCC=CCN1C(=O)OC[C@H]1c1ccccc1. The quantitative estimate of drug-likeness (QED) is 0.591. The summed E-state index contributed by atoms with van der Waals surface area (Å²) in [6.07, 6.45) is 4.46. The summed E-state index contributed by atoms with van der Waals surface area (Å²) in [5.41, 5.74) is 1.06. The van der Waals surface area contributed by atoms with Crippen LogP contribution >= 0.6 is 0 Å². The second-order valence-corrected chi connectivity index (χ2v) is 4.03. The third-order valence-corrected chi connectivity index (χ3v) is 2.86. The molecule has 1 saturated heterocycles. The molecule has 2 rings (SSSR count). The molecule has 1 aliphatic rings. The van der Waals surface area contributed by atoms with Gasteiger partial charge in [0.2, 0.25) is 0 Å². The monoisotopic (exact) mass is 245 g/mol. The molecule has 0 radical (unpaired) electrons. The first kappa shape index (κ1) is 12.4. The van der Waals surface area contributed by atoms with Crippen LogP contribution in [0.3, 0.4) is 0 Å². The van der Waals surface area contributed by atoms with Crippen LogP contribution in [0, 0.1) is 0 Å². The van der Waals surface area contributed by atoms with Crippen LogP contribution in [0.2, 0.25) is 0 Å². The molecule has 94 valence electrons. The molecule has 0 N–H and O–H groups in total. The highest BCUT2D eigenvalue weighted by atomic mass is 16.6. The fourth-order valence-corrected chi connectivity index (χ4v) is 1.94. The zero-order valence-corrected chi connectivity index (χ0v) is 9.99. The van der Waals surface area contributed by atoms with Gasteiger partial charge in [-0.3, -0.25) is 4.90 Å². The van der Waals surface area contributed by atoms with Gasteiger partial charge in [0.15, 0.2) is 0 Å². The highest BCUT2D eigenvalue weighted by molar-refractivity contribution is 5.70. The largest absolute Gasteiger partial charge is 0.447 e. The van der Waals surface area contributed by atoms with Crippen molar-refractivity contribution in [3.63, 3.8) is 0 Å². The molecule has 18 heavy (non-hydrogen) atoms. The molecule has 4 heteroatoms. The van der Waals surface area contributed by atoms with Crippen molar-refractivity contribution in [1.29, 1.82) is 0 Å². The maximum Gasteiger partial charge on any atom is 0.410 e. The number of nitrogens with zero attached hydrogens (tertiary/aromatic N) is 1. The number of aldehydes is 1. The van der Waals surface area contributed by atoms with Gasteiger partial charge >= 0.3 is 6.09 Å². The Morgan fingerprint density at radius 3 is 2.78 bits per heavy atom. The lowest BCUT2D eigenvalue weighted by molar-refractivity contribution is -0.107. The van der Waals surface area contributed by atoms with Crippen LogP contribution in [-0.4, -0.2) is 30.4 Å². The lowest BCUT2D eigenvalue weighted by atomic mass is 10.1. The van der Waals surface area contributed by atoms with Crippen molar-refractivity contribution >= 4 is 12.4 Å². The number of carbonyl (C=O) groups excluding carboxylic acids is 2. The molecule has 0 unspecified atom stereocenters. The van der Waals surface area contributed by atoms with Crippen molar-refractivity contribution in [2.75, 3.05) is 13.2 Å². The van der Waals surface area contributed by atoms with Gasteiger partial charge in [-0.15, -0.1) is 0 Å². The first-order chi connectivity index (χ1) is 8.83. The maximum absolute atomic E-state index is 11.6. The Balaban J connectivity index is 2.06. The van der Waals surface area contributed by atoms with Crippen molar-refractivity contribution in [3.05, 3.63) is 48.0 Å². The topological polar surface area (TPSA) is 46.6 Å². The van der Waals surface area contributed by atoms with E-state index < -0.39 is 0 Å². The molecule has 1 aromatic carbocycles. The van der Waals surface area contributed by atoms with Crippen LogP contribution in [0.25, 0.3) is 0 Å². The van der Waals surface area contributed by atoms with Gasteiger partial charge in [0.25, 0.3) is 0 Å². The van der Waals surface area contributed by atoms with Crippen LogP contribution in [-0.2, 0) is 9.53 Å². The van der Waals surface area contributed by atoms with Gasteiger partial charge in [-0.05, 0) is 5.56 Å². The molecular formula is C14H15NO3. The molecule has 0 saturated carbocycles. The van der Waals surface area contributed by atoms with Crippen LogP contribution < -0.4 is 0 Å². The minimum Gasteiger partial charge on any atom is -0.447 e. The third-order valence-electron chi connectivity index (χ3n) is 2.86. The van der Waals surface area contributed by atoms with Gasteiger partial charge in [-0.2, -0.15) is 0 Å². The Labute approximate surface area is 106 Å². The number of benzene rings is 1. The average Bonchev–Trinajstić information content (AvgIpc) is 2.77. The average molecular weight is 245 g/mol. The van der Waals surface area contributed by atoms with E-state index in [1.165, 1.54) is 0 Å². The van der Waals surface area contributed by atoms with Crippen LogP contribution in [0.4, 0.5) is 4.79 Å². The molecule has 4 nitrogen and oxygen atoms in total. The van der Waals surface area contributed by atoms with Crippen LogP contribution in [0.15, 0.2) is 42.5 Å². The number of ether oxygens (including phenoxy) is 1. The summed E-state index contributed by atoms with van der Waals surface area (Å²) in [5.74, 6) is 0. The Morgan fingerprint density at radius 2 is 2.06 bits per heavy atom. The highest BCUT2D eigenvalue weighted by Gasteiger charge is 2.32. The van der Waals surface area contributed by atoms with E-state index in [-0.39, 0.29) is 12.1 Å². The minimum absolute atomic E-state index is 0.0421. The fourth-order valence-electron chi connectivity index (χ4n) is 1.94. The molecule has 1 amide bonds. The Hall–Kier alpha value is -2.10. The fraction of sp³-hybridized carbons (Fsp3) is 0.286. The van der Waals surface area contributed by atoms with Gasteiger partial charge < -0.3 is 9.53 Å². The number of hydrogen-bond donors (Lipinski definition) is 0. The van der Waals surface area contributed by atoms with Crippen LogP contribution in [0.5, 0.6) is 0 Å². The van der Waals surface area contributed by atoms with Crippen molar-refractivity contribution in [2.45, 2.75) is 12.5 Å². The van der Waals surface area contributed by atoms with E-state index in [0.717, 1.165) is 11.8 Å². The van der Waals surface area contributed by atoms with Crippen molar-refractivity contribution in [2.24, 2.45) is 0 Å². The second kappa shape index (κ2) is 6.00. The van der Waals surface area contributed by atoms with Gasteiger partial charge in [-0.1, -0.05) is 42.5 Å². The second-order valence-electron chi connectivity index (χ2n) is 4.03. The summed E-state index contributed by atoms with van der Waals surface area (Å²) in [4.78, 5) is 23.5. The molecule has 0 aromatic heterocycles. The lowest BCUT2D eigenvalue weighted by Crippen LogP contribution is -2.27. The summed E-state index contributed by atoms with van der Waals surface area (Å²) in [6.45, 7) is 0.844. The summed E-state index contributed by atoms with van der Waals surface area (Å²) < 4.78 is 5.07. The molecule has 0 spiro atoms. The van der Waals surface area contributed by atoms with E-state index >= 15 is 0 Å². The maximum atomic E-state index is 11.6. The third kappa shape index (κ3) is 2.77. The molecule has 1 fully saturated rings. The smallest absolute Gasteiger partial charge is 0.410 e. The summed E-state index contributed by atoms with van der Waals surface area (Å²) in [6, 6.07) is 9.75. The molecule has 1 aromatic rings. The van der Waals surface area contributed by atoms with Gasteiger partial charge in [0, 0.05) is 13.0 Å². The Kier molecular flexibility index (Phi) is 4.12. The lowest BCUT2D eigenvalue weighted by Gasteiger charge is -2.19. The molecule has 1 heterocycles. The number of allylic oxidation sites excluding steroid dienone is 1. The van der Waals surface area contributed by atoms with E-state index in [9.17, 15) is 9.59 Å². The van der Waals surface area contributed by atoms with Crippen molar-refractivity contribution in [1.82, 2.24) is 4.90 Å². The van der Waals surface area contributed by atoms with Gasteiger partial charge in [0.1, 0.15) is 12.9 Å². The molecule has 1 aliphatic heterocycles. The van der Waals surface area contributed by atoms with E-state index in [1.54, 1.807) is 11.0 Å². The number of amides is 1. The van der Waals surface area contributed by atoms with Gasteiger partial charge in [0.05, 0.1) is 6.04 Å².